The van der Waals surface area contributed by atoms with Crippen molar-refractivity contribution in [1.82, 2.24) is 24.8 Å². The standard InChI is InChI=1S/C19H21N5O3/c1-13-16(11-20-27-13)18(25)23-9-7-15(8-10-23)17-21-22-19(26)24(17)12-14-5-3-2-4-6-14/h2-6,11,15H,7-10,12H2,1H3,(H,22,26). The highest BCUT2D eigenvalue weighted by atomic mass is 16.5. The zero-order valence-corrected chi connectivity index (χ0v) is 15.1. The van der Waals surface area contributed by atoms with E-state index in [1.54, 1.807) is 11.5 Å². The summed E-state index contributed by atoms with van der Waals surface area (Å²) >= 11 is 0. The van der Waals surface area contributed by atoms with Gasteiger partial charge in [0, 0.05) is 19.0 Å². The molecule has 0 unspecified atom stereocenters. The van der Waals surface area contributed by atoms with Gasteiger partial charge in [0.05, 0.1) is 12.7 Å². The van der Waals surface area contributed by atoms with Crippen LogP contribution in [0, 0.1) is 6.92 Å². The van der Waals surface area contributed by atoms with E-state index in [-0.39, 0.29) is 17.5 Å². The fraction of sp³-hybridized carbons (Fsp3) is 0.368. The second kappa shape index (κ2) is 7.22. The van der Waals surface area contributed by atoms with Gasteiger partial charge in [-0.25, -0.2) is 9.89 Å². The predicted molar refractivity (Wildman–Crippen MR) is 97.5 cm³/mol. The lowest BCUT2D eigenvalue weighted by Gasteiger charge is -2.31. The third kappa shape index (κ3) is 3.42. The van der Waals surface area contributed by atoms with E-state index in [4.69, 9.17) is 4.52 Å². The van der Waals surface area contributed by atoms with Crippen molar-refractivity contribution in [2.24, 2.45) is 0 Å². The molecule has 1 N–H and O–H groups in total. The molecule has 27 heavy (non-hydrogen) atoms. The van der Waals surface area contributed by atoms with E-state index >= 15 is 0 Å². The van der Waals surface area contributed by atoms with E-state index in [0.717, 1.165) is 24.2 Å². The van der Waals surface area contributed by atoms with Crippen molar-refractivity contribution in [3.8, 4) is 0 Å². The predicted octanol–water partition coefficient (Wildman–Crippen LogP) is 1.94. The first kappa shape index (κ1) is 17.3. The summed E-state index contributed by atoms with van der Waals surface area (Å²) in [5.41, 5.74) is 1.36. The Balaban J connectivity index is 1.47. The fourth-order valence-electron chi connectivity index (χ4n) is 3.58. The van der Waals surface area contributed by atoms with Crippen LogP contribution in [0.15, 0.2) is 45.8 Å². The van der Waals surface area contributed by atoms with Gasteiger partial charge in [-0.15, -0.1) is 0 Å². The summed E-state index contributed by atoms with van der Waals surface area (Å²) in [7, 11) is 0. The molecule has 140 valence electrons. The molecular weight excluding hydrogens is 346 g/mol. The summed E-state index contributed by atoms with van der Waals surface area (Å²) in [5.74, 6) is 1.37. The van der Waals surface area contributed by atoms with Crippen LogP contribution in [0.25, 0.3) is 0 Å². The van der Waals surface area contributed by atoms with Crippen LogP contribution in [0.5, 0.6) is 0 Å². The van der Waals surface area contributed by atoms with Crippen LogP contribution in [0.2, 0.25) is 0 Å². The number of piperidine rings is 1. The highest BCUT2D eigenvalue weighted by Crippen LogP contribution is 2.27. The van der Waals surface area contributed by atoms with Gasteiger partial charge in [-0.1, -0.05) is 35.5 Å². The van der Waals surface area contributed by atoms with E-state index in [0.29, 0.717) is 31.0 Å². The summed E-state index contributed by atoms with van der Waals surface area (Å²) in [6.45, 7) is 3.45. The number of hydrogen-bond donors (Lipinski definition) is 1. The average molecular weight is 367 g/mol. The minimum absolute atomic E-state index is 0.0593. The number of carbonyl (C=O) groups excluding carboxylic acids is 1. The van der Waals surface area contributed by atoms with Crippen LogP contribution in [0.1, 0.15) is 46.3 Å². The lowest BCUT2D eigenvalue weighted by atomic mass is 9.95. The minimum Gasteiger partial charge on any atom is -0.361 e. The summed E-state index contributed by atoms with van der Waals surface area (Å²) < 4.78 is 6.69. The maximum atomic E-state index is 12.6. The molecule has 1 aliphatic heterocycles. The van der Waals surface area contributed by atoms with Gasteiger partial charge in [-0.3, -0.25) is 9.36 Å². The van der Waals surface area contributed by atoms with E-state index < -0.39 is 0 Å². The zero-order chi connectivity index (χ0) is 18.8. The molecule has 4 rings (SSSR count). The Morgan fingerprint density at radius 2 is 2.00 bits per heavy atom. The summed E-state index contributed by atoms with van der Waals surface area (Å²) in [6, 6.07) is 9.85. The Labute approximate surface area is 155 Å². The average Bonchev–Trinajstić information content (AvgIpc) is 3.28. The van der Waals surface area contributed by atoms with Crippen molar-refractivity contribution in [3.63, 3.8) is 0 Å². The fourth-order valence-corrected chi connectivity index (χ4v) is 3.58. The molecule has 0 saturated carbocycles. The third-order valence-corrected chi connectivity index (χ3v) is 5.10. The van der Waals surface area contributed by atoms with E-state index in [2.05, 4.69) is 15.4 Å². The number of H-pyrrole nitrogens is 1. The highest BCUT2D eigenvalue weighted by Gasteiger charge is 2.29. The topological polar surface area (TPSA) is 97.0 Å². The van der Waals surface area contributed by atoms with E-state index in [9.17, 15) is 9.59 Å². The number of nitrogens with zero attached hydrogens (tertiary/aromatic N) is 4. The quantitative estimate of drug-likeness (QED) is 0.760. The molecule has 0 radical (unpaired) electrons. The molecular formula is C19H21N5O3. The van der Waals surface area contributed by atoms with Gasteiger partial charge < -0.3 is 9.42 Å². The first-order valence-electron chi connectivity index (χ1n) is 9.03. The van der Waals surface area contributed by atoms with Gasteiger partial charge in [0.2, 0.25) is 0 Å². The number of aromatic nitrogens is 4. The molecule has 1 aromatic carbocycles. The van der Waals surface area contributed by atoms with Crippen LogP contribution in [0.3, 0.4) is 0 Å². The molecule has 0 aliphatic carbocycles. The zero-order valence-electron chi connectivity index (χ0n) is 15.1. The van der Waals surface area contributed by atoms with Crippen molar-refractivity contribution < 1.29 is 9.32 Å². The largest absolute Gasteiger partial charge is 0.361 e. The Morgan fingerprint density at radius 3 is 2.67 bits per heavy atom. The molecule has 8 heteroatoms. The van der Waals surface area contributed by atoms with Crippen LogP contribution in [-0.2, 0) is 6.54 Å². The molecule has 1 saturated heterocycles. The number of amides is 1. The summed E-state index contributed by atoms with van der Waals surface area (Å²) in [4.78, 5) is 26.6. The van der Waals surface area contributed by atoms with Crippen LogP contribution < -0.4 is 5.69 Å². The van der Waals surface area contributed by atoms with Crippen molar-refractivity contribution in [2.45, 2.75) is 32.2 Å². The molecule has 2 aromatic heterocycles. The van der Waals surface area contributed by atoms with Gasteiger partial charge in [0.25, 0.3) is 5.91 Å². The second-order valence-corrected chi connectivity index (χ2v) is 6.82. The smallest absolute Gasteiger partial charge is 0.343 e. The minimum atomic E-state index is -0.201. The monoisotopic (exact) mass is 367 g/mol. The number of aromatic amines is 1. The maximum absolute atomic E-state index is 12.6. The van der Waals surface area contributed by atoms with Crippen LogP contribution >= 0.6 is 0 Å². The number of aryl methyl sites for hydroxylation is 1. The number of likely N-dealkylation sites (tertiary alicyclic amines) is 1. The lowest BCUT2D eigenvalue weighted by Crippen LogP contribution is -2.38. The second-order valence-electron chi connectivity index (χ2n) is 6.82. The molecule has 3 aromatic rings. The SMILES string of the molecule is Cc1oncc1C(=O)N1CCC(c2n[nH]c(=O)n2Cc2ccccc2)CC1. The summed E-state index contributed by atoms with van der Waals surface area (Å²) in [6.07, 6.45) is 2.99. The van der Waals surface area contributed by atoms with Gasteiger partial charge in [0.1, 0.15) is 17.1 Å². The number of rotatable bonds is 4. The van der Waals surface area contributed by atoms with Crippen molar-refractivity contribution >= 4 is 5.91 Å². The van der Waals surface area contributed by atoms with Crippen molar-refractivity contribution in [1.29, 1.82) is 0 Å². The lowest BCUT2D eigenvalue weighted by molar-refractivity contribution is 0.0708. The molecule has 1 fully saturated rings. The van der Waals surface area contributed by atoms with E-state index in [1.807, 2.05) is 35.2 Å². The third-order valence-electron chi connectivity index (χ3n) is 5.10. The van der Waals surface area contributed by atoms with Crippen LogP contribution in [0.4, 0.5) is 0 Å². The van der Waals surface area contributed by atoms with Gasteiger partial charge in [-0.2, -0.15) is 5.10 Å². The molecule has 8 nitrogen and oxygen atoms in total. The van der Waals surface area contributed by atoms with Crippen LogP contribution in [-0.4, -0.2) is 43.8 Å². The molecule has 0 spiro atoms. The first-order chi connectivity index (χ1) is 13.1. The van der Waals surface area contributed by atoms with E-state index in [1.165, 1.54) is 6.20 Å². The molecule has 1 amide bonds. The van der Waals surface area contributed by atoms with Gasteiger partial charge in [-0.05, 0) is 25.3 Å². The Kier molecular flexibility index (Phi) is 4.62. The van der Waals surface area contributed by atoms with Gasteiger partial charge in [0.15, 0.2) is 0 Å². The number of nitrogens with one attached hydrogen (secondary N) is 1. The molecule has 0 atom stereocenters. The molecule has 0 bridgehead atoms. The molecule has 1 aliphatic rings. The van der Waals surface area contributed by atoms with Crippen molar-refractivity contribution in [2.75, 3.05) is 13.1 Å². The van der Waals surface area contributed by atoms with Crippen molar-refractivity contribution in [3.05, 3.63) is 69.7 Å². The highest BCUT2D eigenvalue weighted by molar-refractivity contribution is 5.94. The Morgan fingerprint density at radius 1 is 1.26 bits per heavy atom. The maximum Gasteiger partial charge on any atom is 0.343 e. The number of carbonyl (C=O) groups is 1. The number of hydrogen-bond acceptors (Lipinski definition) is 5. The Hall–Kier alpha value is -3.16. The normalized spacial score (nSPS) is 15.2. The summed E-state index contributed by atoms with van der Waals surface area (Å²) in [5, 5.41) is 10.5. The first-order valence-corrected chi connectivity index (χ1v) is 9.03. The number of benzene rings is 1. The molecule has 3 heterocycles. The Bertz CT molecular complexity index is 980. The van der Waals surface area contributed by atoms with Gasteiger partial charge >= 0.3 is 5.69 Å².